The first-order chi connectivity index (χ1) is 9.12. The highest BCUT2D eigenvalue weighted by Crippen LogP contribution is 2.28. The van der Waals surface area contributed by atoms with Gasteiger partial charge in [-0.15, -0.1) is 0 Å². The Balaban J connectivity index is 2.98. The maximum Gasteiger partial charge on any atom is 0.186 e. The van der Waals surface area contributed by atoms with E-state index in [1.807, 2.05) is 12.2 Å². The summed E-state index contributed by atoms with van der Waals surface area (Å²) in [6, 6.07) is 3.36. The minimum Gasteiger partial charge on any atom is -0.496 e. The molecule has 0 amide bonds. The first-order valence-corrected chi connectivity index (χ1v) is 6.62. The van der Waals surface area contributed by atoms with E-state index in [9.17, 15) is 9.59 Å². The Kier molecular flexibility index (Phi) is 6.15. The fourth-order valence-electron chi connectivity index (χ4n) is 1.51. The fraction of sp³-hybridized carbons (Fsp3) is 0.286. The predicted octanol–water partition coefficient (Wildman–Crippen LogP) is 2.81. The summed E-state index contributed by atoms with van der Waals surface area (Å²) in [4.78, 5) is 21.7. The third-order valence-electron chi connectivity index (χ3n) is 2.39. The second kappa shape index (κ2) is 7.63. The van der Waals surface area contributed by atoms with E-state index in [-0.39, 0.29) is 5.12 Å². The van der Waals surface area contributed by atoms with Crippen LogP contribution < -0.4 is 9.47 Å². The van der Waals surface area contributed by atoms with Crippen molar-refractivity contribution in [3.05, 3.63) is 29.3 Å². The molecule has 0 aliphatic carbocycles. The van der Waals surface area contributed by atoms with E-state index in [2.05, 4.69) is 0 Å². The van der Waals surface area contributed by atoms with E-state index in [0.29, 0.717) is 22.8 Å². The summed E-state index contributed by atoms with van der Waals surface area (Å²) in [5.74, 6) is 1.68. The summed E-state index contributed by atoms with van der Waals surface area (Å²) < 4.78 is 10.4. The average molecular weight is 280 g/mol. The van der Waals surface area contributed by atoms with Crippen molar-refractivity contribution in [1.82, 2.24) is 0 Å². The van der Waals surface area contributed by atoms with Crippen molar-refractivity contribution in [3.8, 4) is 11.5 Å². The second-order valence-corrected chi connectivity index (χ2v) is 4.86. The highest BCUT2D eigenvalue weighted by molar-refractivity contribution is 8.13. The molecular formula is C14H16O4S. The summed E-state index contributed by atoms with van der Waals surface area (Å²) in [5.41, 5.74) is 1.24. The number of benzene rings is 1. The maximum atomic E-state index is 10.9. The molecule has 0 aromatic heterocycles. The van der Waals surface area contributed by atoms with Crippen LogP contribution >= 0.6 is 11.8 Å². The number of ether oxygens (including phenoxy) is 2. The van der Waals surface area contributed by atoms with E-state index >= 15 is 0 Å². The monoisotopic (exact) mass is 280 g/mol. The standard InChI is InChI=1S/C14H16O4S/c1-10(16)19-6-4-5-11-7-14(18-3)12(9-15)8-13(11)17-2/h4-5,7-9H,6H2,1-3H3. The first-order valence-electron chi connectivity index (χ1n) is 5.63. The predicted molar refractivity (Wildman–Crippen MR) is 77.1 cm³/mol. The smallest absolute Gasteiger partial charge is 0.186 e. The number of hydrogen-bond donors (Lipinski definition) is 0. The van der Waals surface area contributed by atoms with Crippen LogP contribution in [-0.2, 0) is 4.79 Å². The molecule has 0 heterocycles. The number of methoxy groups -OCH3 is 2. The van der Waals surface area contributed by atoms with Gasteiger partial charge in [-0.2, -0.15) is 0 Å². The quantitative estimate of drug-likeness (QED) is 0.750. The van der Waals surface area contributed by atoms with Crippen molar-refractivity contribution in [2.75, 3.05) is 20.0 Å². The lowest BCUT2D eigenvalue weighted by Gasteiger charge is -2.09. The third kappa shape index (κ3) is 4.44. The Bertz CT molecular complexity index is 494. The molecule has 1 aromatic rings. The highest BCUT2D eigenvalue weighted by Gasteiger charge is 2.08. The van der Waals surface area contributed by atoms with Gasteiger partial charge >= 0.3 is 0 Å². The number of thioether (sulfide) groups is 1. The van der Waals surface area contributed by atoms with Gasteiger partial charge in [0.1, 0.15) is 11.5 Å². The fourth-order valence-corrected chi connectivity index (χ4v) is 1.93. The van der Waals surface area contributed by atoms with Crippen LogP contribution in [-0.4, -0.2) is 31.4 Å². The Morgan fingerprint density at radius 3 is 2.32 bits per heavy atom. The SMILES string of the molecule is COc1cc(C=CCSC(C)=O)c(OC)cc1C=O. The Morgan fingerprint density at radius 2 is 1.79 bits per heavy atom. The molecule has 0 spiro atoms. The van der Waals surface area contributed by atoms with Gasteiger partial charge in [-0.25, -0.2) is 0 Å². The summed E-state index contributed by atoms with van der Waals surface area (Å²) in [7, 11) is 3.05. The van der Waals surface area contributed by atoms with E-state index < -0.39 is 0 Å². The molecule has 102 valence electrons. The normalized spacial score (nSPS) is 10.5. The van der Waals surface area contributed by atoms with E-state index in [1.54, 1.807) is 12.1 Å². The molecule has 0 fully saturated rings. The molecule has 0 N–H and O–H groups in total. The van der Waals surface area contributed by atoms with Gasteiger partial charge in [0.2, 0.25) is 0 Å². The highest BCUT2D eigenvalue weighted by atomic mass is 32.2. The molecule has 1 rings (SSSR count). The molecule has 0 saturated carbocycles. The summed E-state index contributed by atoms with van der Waals surface area (Å²) in [5, 5.41) is 0.0745. The molecule has 0 aliphatic heterocycles. The number of carbonyl (C=O) groups excluding carboxylic acids is 2. The van der Waals surface area contributed by atoms with Crippen molar-refractivity contribution in [3.63, 3.8) is 0 Å². The third-order valence-corrected chi connectivity index (χ3v) is 3.15. The van der Waals surface area contributed by atoms with Crippen LogP contribution in [0.1, 0.15) is 22.8 Å². The van der Waals surface area contributed by atoms with E-state index in [4.69, 9.17) is 9.47 Å². The Labute approximate surface area is 116 Å². The molecule has 19 heavy (non-hydrogen) atoms. The van der Waals surface area contributed by atoms with Gasteiger partial charge in [0, 0.05) is 18.2 Å². The van der Waals surface area contributed by atoms with Gasteiger partial charge < -0.3 is 9.47 Å². The lowest BCUT2D eigenvalue weighted by molar-refractivity contribution is -0.109. The molecule has 0 unspecified atom stereocenters. The van der Waals surface area contributed by atoms with Crippen LogP contribution in [0, 0.1) is 0 Å². The molecular weight excluding hydrogens is 264 g/mol. The van der Waals surface area contributed by atoms with Crippen molar-refractivity contribution >= 4 is 29.2 Å². The van der Waals surface area contributed by atoms with Crippen LogP contribution in [0.15, 0.2) is 18.2 Å². The van der Waals surface area contributed by atoms with Gasteiger partial charge in [-0.3, -0.25) is 9.59 Å². The average Bonchev–Trinajstić information content (AvgIpc) is 2.42. The minimum atomic E-state index is 0.0745. The molecule has 1 aromatic carbocycles. The van der Waals surface area contributed by atoms with Crippen molar-refractivity contribution < 1.29 is 19.1 Å². The number of carbonyl (C=O) groups is 2. The van der Waals surface area contributed by atoms with Crippen molar-refractivity contribution in [1.29, 1.82) is 0 Å². The van der Waals surface area contributed by atoms with Crippen LogP contribution in [0.4, 0.5) is 0 Å². The largest absolute Gasteiger partial charge is 0.496 e. The van der Waals surface area contributed by atoms with Crippen LogP contribution in [0.25, 0.3) is 6.08 Å². The first kappa shape index (κ1) is 15.3. The molecule has 0 atom stereocenters. The summed E-state index contributed by atoms with van der Waals surface area (Å²) in [6.45, 7) is 1.53. The van der Waals surface area contributed by atoms with Gasteiger partial charge in [0.15, 0.2) is 11.4 Å². The van der Waals surface area contributed by atoms with Gasteiger partial charge in [0.25, 0.3) is 0 Å². The summed E-state index contributed by atoms with van der Waals surface area (Å²) >= 11 is 1.23. The van der Waals surface area contributed by atoms with Crippen LogP contribution in [0.3, 0.4) is 0 Å². The minimum absolute atomic E-state index is 0.0745. The maximum absolute atomic E-state index is 10.9. The lowest BCUT2D eigenvalue weighted by atomic mass is 10.1. The number of aldehydes is 1. The summed E-state index contributed by atoms with van der Waals surface area (Å²) in [6.07, 6.45) is 4.43. The lowest BCUT2D eigenvalue weighted by Crippen LogP contribution is -1.95. The van der Waals surface area contributed by atoms with Gasteiger partial charge in [0.05, 0.1) is 19.8 Å². The van der Waals surface area contributed by atoms with Crippen molar-refractivity contribution in [2.45, 2.75) is 6.92 Å². The zero-order valence-electron chi connectivity index (χ0n) is 11.1. The molecule has 0 radical (unpaired) electrons. The molecule has 5 heteroatoms. The van der Waals surface area contributed by atoms with E-state index in [1.165, 1.54) is 32.9 Å². The topological polar surface area (TPSA) is 52.6 Å². The van der Waals surface area contributed by atoms with Crippen LogP contribution in [0.5, 0.6) is 11.5 Å². The van der Waals surface area contributed by atoms with Crippen LogP contribution in [0.2, 0.25) is 0 Å². The Hall–Kier alpha value is -1.75. The second-order valence-electron chi connectivity index (χ2n) is 3.66. The zero-order chi connectivity index (χ0) is 14.3. The van der Waals surface area contributed by atoms with Gasteiger partial charge in [-0.05, 0) is 12.1 Å². The zero-order valence-corrected chi connectivity index (χ0v) is 12.0. The number of hydrogen-bond acceptors (Lipinski definition) is 5. The Morgan fingerprint density at radius 1 is 1.21 bits per heavy atom. The van der Waals surface area contributed by atoms with Gasteiger partial charge in [-0.1, -0.05) is 23.9 Å². The molecule has 0 aliphatic rings. The molecule has 0 bridgehead atoms. The molecule has 4 nitrogen and oxygen atoms in total. The van der Waals surface area contributed by atoms with Crippen molar-refractivity contribution in [2.24, 2.45) is 0 Å². The molecule has 0 saturated heterocycles. The van der Waals surface area contributed by atoms with E-state index in [0.717, 1.165) is 11.8 Å². The number of rotatable bonds is 6.